The molecule has 4 bridgehead atoms. The predicted molar refractivity (Wildman–Crippen MR) is 108 cm³/mol. The Hall–Kier alpha value is -2.57. The van der Waals surface area contributed by atoms with Gasteiger partial charge in [0.2, 0.25) is 0 Å². The fourth-order valence-corrected chi connectivity index (χ4v) is 6.05. The standard InChI is InChI=1S/C22H29N3O4/c1-12-4-3-5-13(2)18(12)19(26)24-17(20(27)28)11-23-21(29)25-22-8-14-6-15(9-22)16(7-14)10-22/h3-5,14-17H,6-11H2,1-2H3,(H,24,26)(H,27,28)(H2,23,25,29). The molecule has 4 aliphatic rings. The highest BCUT2D eigenvalue weighted by Crippen LogP contribution is 2.59. The largest absolute Gasteiger partial charge is 0.480 e. The first-order valence-electron chi connectivity index (χ1n) is 10.4. The zero-order valence-electron chi connectivity index (χ0n) is 17.0. The molecule has 4 aliphatic carbocycles. The molecule has 0 radical (unpaired) electrons. The van der Waals surface area contributed by atoms with E-state index in [9.17, 15) is 19.5 Å². The topological polar surface area (TPSA) is 108 Å². The highest BCUT2D eigenvalue weighted by Gasteiger charge is 2.56. The van der Waals surface area contributed by atoms with Crippen molar-refractivity contribution in [3.8, 4) is 0 Å². The molecule has 4 saturated carbocycles. The number of amides is 3. The number of carbonyl (C=O) groups excluding carboxylic acids is 2. The van der Waals surface area contributed by atoms with Gasteiger partial charge in [0, 0.05) is 11.1 Å². The van der Waals surface area contributed by atoms with Crippen LogP contribution < -0.4 is 16.0 Å². The second-order valence-electron chi connectivity index (χ2n) is 9.22. The number of urea groups is 1. The molecule has 4 fully saturated rings. The van der Waals surface area contributed by atoms with E-state index in [1.165, 1.54) is 12.8 Å². The summed E-state index contributed by atoms with van der Waals surface area (Å²) < 4.78 is 0. The summed E-state index contributed by atoms with van der Waals surface area (Å²) >= 11 is 0. The SMILES string of the molecule is Cc1cccc(C)c1C(=O)NC(CNC(=O)NC12CC3CC(C1)C(C3)C2)C(=O)O. The van der Waals surface area contributed by atoms with E-state index in [-0.39, 0.29) is 18.1 Å². The molecule has 7 heteroatoms. The quantitative estimate of drug-likeness (QED) is 0.589. The van der Waals surface area contributed by atoms with Crippen molar-refractivity contribution in [2.24, 2.45) is 17.8 Å². The van der Waals surface area contributed by atoms with E-state index >= 15 is 0 Å². The number of aliphatic carboxylic acids is 1. The molecular formula is C22H29N3O4. The number of carboxylic acid groups (broad SMARTS) is 1. The zero-order chi connectivity index (χ0) is 20.8. The number of carboxylic acids is 1. The lowest BCUT2D eigenvalue weighted by molar-refractivity contribution is -0.139. The Kier molecular flexibility index (Phi) is 5.00. The molecule has 0 saturated heterocycles. The Balaban J connectivity index is 1.34. The second-order valence-corrected chi connectivity index (χ2v) is 9.22. The van der Waals surface area contributed by atoms with Gasteiger partial charge in [0.25, 0.3) is 5.91 Å². The third-order valence-electron chi connectivity index (χ3n) is 7.08. The average molecular weight is 399 g/mol. The normalized spacial score (nSPS) is 30.1. The van der Waals surface area contributed by atoms with E-state index in [1.54, 1.807) is 0 Å². The second kappa shape index (κ2) is 7.35. The minimum absolute atomic E-state index is 0.124. The van der Waals surface area contributed by atoms with Crippen LogP contribution in [0.1, 0.15) is 53.6 Å². The van der Waals surface area contributed by atoms with Gasteiger partial charge in [0.15, 0.2) is 0 Å². The van der Waals surface area contributed by atoms with Crippen molar-refractivity contribution < 1.29 is 19.5 Å². The molecule has 4 N–H and O–H groups in total. The van der Waals surface area contributed by atoms with E-state index in [2.05, 4.69) is 16.0 Å². The molecule has 156 valence electrons. The highest BCUT2D eigenvalue weighted by atomic mass is 16.4. The number of benzene rings is 1. The number of nitrogens with one attached hydrogen (secondary N) is 3. The molecule has 0 heterocycles. The van der Waals surface area contributed by atoms with E-state index in [4.69, 9.17) is 0 Å². The Morgan fingerprint density at radius 2 is 1.72 bits per heavy atom. The summed E-state index contributed by atoms with van der Waals surface area (Å²) in [6, 6.07) is 3.93. The summed E-state index contributed by atoms with van der Waals surface area (Å²) in [6.45, 7) is 3.46. The fraction of sp³-hybridized carbons (Fsp3) is 0.591. The zero-order valence-corrected chi connectivity index (χ0v) is 17.0. The molecule has 29 heavy (non-hydrogen) atoms. The molecule has 1 aromatic carbocycles. The van der Waals surface area contributed by atoms with Gasteiger partial charge in [-0.1, -0.05) is 18.2 Å². The monoisotopic (exact) mass is 399 g/mol. The number of carbonyl (C=O) groups is 3. The molecule has 5 rings (SSSR count). The molecule has 3 unspecified atom stereocenters. The lowest BCUT2D eigenvalue weighted by Gasteiger charge is -2.39. The van der Waals surface area contributed by atoms with Crippen molar-refractivity contribution in [2.75, 3.05) is 6.54 Å². The fourth-order valence-electron chi connectivity index (χ4n) is 6.05. The van der Waals surface area contributed by atoms with Crippen LogP contribution in [0.25, 0.3) is 0 Å². The van der Waals surface area contributed by atoms with Gasteiger partial charge in [-0.15, -0.1) is 0 Å². The Morgan fingerprint density at radius 1 is 1.10 bits per heavy atom. The Bertz CT molecular complexity index is 813. The van der Waals surface area contributed by atoms with Crippen LogP contribution in [0.5, 0.6) is 0 Å². The van der Waals surface area contributed by atoms with Gasteiger partial charge >= 0.3 is 12.0 Å². The maximum absolute atomic E-state index is 12.6. The summed E-state index contributed by atoms with van der Waals surface area (Å²) in [5.74, 6) is 0.564. The maximum atomic E-state index is 12.6. The van der Waals surface area contributed by atoms with E-state index in [1.807, 2.05) is 32.0 Å². The minimum atomic E-state index is -1.19. The van der Waals surface area contributed by atoms with Gasteiger partial charge in [0.05, 0.1) is 6.54 Å². The summed E-state index contributed by atoms with van der Waals surface area (Å²) in [5, 5.41) is 17.8. The molecule has 0 aromatic heterocycles. The van der Waals surface area contributed by atoms with Crippen LogP contribution in [-0.2, 0) is 4.79 Å². The molecule has 0 aliphatic heterocycles. The Labute approximate surface area is 170 Å². The van der Waals surface area contributed by atoms with Crippen LogP contribution in [0.4, 0.5) is 4.79 Å². The number of aryl methyl sites for hydroxylation is 2. The first-order chi connectivity index (χ1) is 13.8. The first-order valence-corrected chi connectivity index (χ1v) is 10.4. The molecule has 3 atom stereocenters. The smallest absolute Gasteiger partial charge is 0.328 e. The van der Waals surface area contributed by atoms with Crippen molar-refractivity contribution in [3.63, 3.8) is 0 Å². The summed E-state index contributed by atoms with van der Waals surface area (Å²) in [4.78, 5) is 36.7. The summed E-state index contributed by atoms with van der Waals surface area (Å²) in [6.07, 6.45) is 5.68. The van der Waals surface area contributed by atoms with Gasteiger partial charge in [-0.2, -0.15) is 0 Å². The molecular weight excluding hydrogens is 370 g/mol. The summed E-state index contributed by atoms with van der Waals surface area (Å²) in [5.41, 5.74) is 1.91. The van der Waals surface area contributed by atoms with Crippen LogP contribution in [0, 0.1) is 31.6 Å². The molecule has 7 nitrogen and oxygen atoms in total. The minimum Gasteiger partial charge on any atom is -0.480 e. The molecule has 3 amide bonds. The average Bonchev–Trinajstić information content (AvgIpc) is 3.04. The van der Waals surface area contributed by atoms with Crippen molar-refractivity contribution in [1.29, 1.82) is 0 Å². The van der Waals surface area contributed by atoms with E-state index in [0.29, 0.717) is 5.56 Å². The van der Waals surface area contributed by atoms with Crippen molar-refractivity contribution in [1.82, 2.24) is 16.0 Å². The van der Waals surface area contributed by atoms with E-state index < -0.39 is 17.9 Å². The Morgan fingerprint density at radius 3 is 2.28 bits per heavy atom. The van der Waals surface area contributed by atoms with Crippen LogP contribution in [0.3, 0.4) is 0 Å². The predicted octanol–water partition coefficient (Wildman–Crippen LogP) is 2.36. The lowest BCUT2D eigenvalue weighted by Crippen LogP contribution is -2.56. The first kappa shape index (κ1) is 19.7. The van der Waals surface area contributed by atoms with Crippen molar-refractivity contribution >= 4 is 17.9 Å². The summed E-state index contributed by atoms with van der Waals surface area (Å²) in [7, 11) is 0. The van der Waals surface area contributed by atoms with Gasteiger partial charge in [-0.05, 0) is 74.8 Å². The molecule has 0 spiro atoms. The number of hydrogen-bond donors (Lipinski definition) is 4. The van der Waals surface area contributed by atoms with E-state index in [0.717, 1.165) is 48.1 Å². The van der Waals surface area contributed by atoms with Crippen LogP contribution >= 0.6 is 0 Å². The third kappa shape index (κ3) is 3.82. The van der Waals surface area contributed by atoms with Gasteiger partial charge in [0.1, 0.15) is 6.04 Å². The van der Waals surface area contributed by atoms with Gasteiger partial charge in [-0.3, -0.25) is 4.79 Å². The van der Waals surface area contributed by atoms with Crippen molar-refractivity contribution in [3.05, 3.63) is 34.9 Å². The van der Waals surface area contributed by atoms with Crippen LogP contribution in [0.2, 0.25) is 0 Å². The van der Waals surface area contributed by atoms with Crippen LogP contribution in [0.15, 0.2) is 18.2 Å². The molecule has 1 aromatic rings. The number of rotatable bonds is 6. The lowest BCUT2D eigenvalue weighted by atomic mass is 9.76. The van der Waals surface area contributed by atoms with Gasteiger partial charge in [-0.25, -0.2) is 9.59 Å². The van der Waals surface area contributed by atoms with Crippen LogP contribution in [-0.4, -0.2) is 41.1 Å². The highest BCUT2D eigenvalue weighted by molar-refractivity contribution is 5.99. The maximum Gasteiger partial charge on any atom is 0.328 e. The van der Waals surface area contributed by atoms with Crippen molar-refractivity contribution in [2.45, 2.75) is 57.5 Å². The third-order valence-corrected chi connectivity index (χ3v) is 7.08. The van der Waals surface area contributed by atoms with Gasteiger partial charge < -0.3 is 21.1 Å². The number of hydrogen-bond acceptors (Lipinski definition) is 3.